The number of amides is 1. The molecule has 0 aliphatic heterocycles. The minimum atomic E-state index is 0.0588. The van der Waals surface area contributed by atoms with E-state index in [-0.39, 0.29) is 11.9 Å². The first-order valence-electron chi connectivity index (χ1n) is 6.61. The number of rotatable bonds is 2. The average molecular weight is 271 g/mol. The lowest BCUT2D eigenvalue weighted by Crippen LogP contribution is -2.27. The van der Waals surface area contributed by atoms with Crippen LogP contribution in [0.4, 0.5) is 0 Å². The first kappa shape index (κ1) is 12.4. The van der Waals surface area contributed by atoms with Gasteiger partial charge in [-0.05, 0) is 43.9 Å². The van der Waals surface area contributed by atoms with Crippen LogP contribution in [0.25, 0.3) is 0 Å². The third kappa shape index (κ3) is 2.30. The molecule has 0 spiro atoms. The molecular formula is C16H17NOS. The standard InChI is InChI=1S/C16H17NOS/c1-10-9-14(11(2)19-10)16(18)17-15-8-7-12-5-3-4-6-13(12)15/h3-6,9,15H,7-8H2,1-2H3,(H,17,18). The van der Waals surface area contributed by atoms with Gasteiger partial charge in [-0.1, -0.05) is 24.3 Å². The van der Waals surface area contributed by atoms with Crippen LogP contribution in [-0.4, -0.2) is 5.91 Å². The van der Waals surface area contributed by atoms with E-state index in [1.54, 1.807) is 11.3 Å². The predicted molar refractivity (Wildman–Crippen MR) is 78.8 cm³/mol. The summed E-state index contributed by atoms with van der Waals surface area (Å²) in [6.07, 6.45) is 2.07. The number of carbonyl (C=O) groups is 1. The van der Waals surface area contributed by atoms with Crippen molar-refractivity contribution >= 4 is 17.2 Å². The van der Waals surface area contributed by atoms with Gasteiger partial charge in [0.05, 0.1) is 11.6 Å². The summed E-state index contributed by atoms with van der Waals surface area (Å²) in [5.74, 6) is 0.0588. The van der Waals surface area contributed by atoms with Crippen LogP contribution in [-0.2, 0) is 6.42 Å². The Morgan fingerprint density at radius 3 is 2.84 bits per heavy atom. The minimum Gasteiger partial charge on any atom is -0.345 e. The zero-order valence-electron chi connectivity index (χ0n) is 11.2. The van der Waals surface area contributed by atoms with Gasteiger partial charge < -0.3 is 5.32 Å². The Balaban J connectivity index is 1.80. The zero-order valence-corrected chi connectivity index (χ0v) is 12.0. The summed E-state index contributed by atoms with van der Waals surface area (Å²) in [7, 11) is 0. The average Bonchev–Trinajstić information content (AvgIpc) is 2.94. The van der Waals surface area contributed by atoms with Gasteiger partial charge in [-0.25, -0.2) is 0 Å². The molecule has 1 unspecified atom stereocenters. The molecule has 1 aliphatic rings. The number of fused-ring (bicyclic) bond motifs is 1. The third-order valence-electron chi connectivity index (χ3n) is 3.72. The van der Waals surface area contributed by atoms with Crippen LogP contribution in [0.1, 0.15) is 43.7 Å². The summed E-state index contributed by atoms with van der Waals surface area (Å²) in [6, 6.07) is 10.5. The van der Waals surface area contributed by atoms with Gasteiger partial charge in [0.1, 0.15) is 0 Å². The van der Waals surface area contributed by atoms with Crippen molar-refractivity contribution < 1.29 is 4.79 Å². The van der Waals surface area contributed by atoms with Gasteiger partial charge in [0, 0.05) is 9.75 Å². The van der Waals surface area contributed by atoms with Gasteiger partial charge in [-0.15, -0.1) is 11.3 Å². The lowest BCUT2D eigenvalue weighted by molar-refractivity contribution is 0.0936. The van der Waals surface area contributed by atoms with Gasteiger partial charge in [-0.3, -0.25) is 4.79 Å². The molecule has 1 aromatic carbocycles. The number of aryl methyl sites for hydroxylation is 3. The van der Waals surface area contributed by atoms with Crippen molar-refractivity contribution in [2.24, 2.45) is 0 Å². The van der Waals surface area contributed by atoms with Crippen molar-refractivity contribution in [2.45, 2.75) is 32.7 Å². The fraction of sp³-hybridized carbons (Fsp3) is 0.312. The maximum absolute atomic E-state index is 12.3. The lowest BCUT2D eigenvalue weighted by atomic mass is 10.1. The number of thiophene rings is 1. The Labute approximate surface area is 117 Å². The molecule has 1 aliphatic carbocycles. The SMILES string of the molecule is Cc1cc(C(=O)NC2CCc3ccccc32)c(C)s1. The summed E-state index contributed by atoms with van der Waals surface area (Å²) in [5, 5.41) is 3.17. The zero-order chi connectivity index (χ0) is 13.4. The number of carbonyl (C=O) groups excluding carboxylic acids is 1. The highest BCUT2D eigenvalue weighted by atomic mass is 32.1. The monoisotopic (exact) mass is 271 g/mol. The first-order valence-corrected chi connectivity index (χ1v) is 7.42. The molecule has 2 aromatic rings. The molecule has 3 rings (SSSR count). The van der Waals surface area contributed by atoms with E-state index in [4.69, 9.17) is 0 Å². The molecule has 0 bridgehead atoms. The summed E-state index contributed by atoms with van der Waals surface area (Å²) < 4.78 is 0. The molecule has 0 saturated heterocycles. The van der Waals surface area contributed by atoms with E-state index in [1.165, 1.54) is 16.0 Å². The molecule has 2 nitrogen and oxygen atoms in total. The highest BCUT2D eigenvalue weighted by molar-refractivity contribution is 7.12. The van der Waals surface area contributed by atoms with Crippen LogP contribution in [0.15, 0.2) is 30.3 Å². The topological polar surface area (TPSA) is 29.1 Å². The molecule has 1 N–H and O–H groups in total. The van der Waals surface area contributed by atoms with Crippen LogP contribution >= 0.6 is 11.3 Å². The second kappa shape index (κ2) is 4.82. The summed E-state index contributed by atoms with van der Waals surface area (Å²) >= 11 is 1.68. The van der Waals surface area contributed by atoms with Gasteiger partial charge in [0.15, 0.2) is 0 Å². The van der Waals surface area contributed by atoms with Gasteiger partial charge in [0.2, 0.25) is 0 Å². The van der Waals surface area contributed by atoms with E-state index in [2.05, 4.69) is 23.5 Å². The molecular weight excluding hydrogens is 254 g/mol. The second-order valence-electron chi connectivity index (χ2n) is 5.09. The minimum absolute atomic E-state index is 0.0588. The lowest BCUT2D eigenvalue weighted by Gasteiger charge is -2.13. The number of nitrogens with one attached hydrogen (secondary N) is 1. The molecule has 0 saturated carbocycles. The van der Waals surface area contributed by atoms with Gasteiger partial charge >= 0.3 is 0 Å². The fourth-order valence-corrected chi connectivity index (χ4v) is 3.72. The number of hydrogen-bond acceptors (Lipinski definition) is 2. The normalized spacial score (nSPS) is 17.3. The van der Waals surface area contributed by atoms with E-state index in [1.807, 2.05) is 26.0 Å². The van der Waals surface area contributed by atoms with E-state index >= 15 is 0 Å². The summed E-state index contributed by atoms with van der Waals surface area (Å²) in [6.45, 7) is 4.05. The van der Waals surface area contributed by atoms with Gasteiger partial charge in [-0.2, -0.15) is 0 Å². The van der Waals surface area contributed by atoms with E-state index in [9.17, 15) is 4.79 Å². The highest BCUT2D eigenvalue weighted by Crippen LogP contribution is 2.31. The van der Waals surface area contributed by atoms with Crippen LogP contribution in [0.2, 0.25) is 0 Å². The molecule has 98 valence electrons. The molecule has 1 heterocycles. The quantitative estimate of drug-likeness (QED) is 0.884. The fourth-order valence-electron chi connectivity index (χ4n) is 2.80. The first-order chi connectivity index (χ1) is 9.15. The largest absolute Gasteiger partial charge is 0.345 e. The summed E-state index contributed by atoms with van der Waals surface area (Å²) in [4.78, 5) is 14.6. The van der Waals surface area contributed by atoms with Crippen LogP contribution in [0, 0.1) is 13.8 Å². The van der Waals surface area contributed by atoms with Crippen LogP contribution in [0.5, 0.6) is 0 Å². The van der Waals surface area contributed by atoms with E-state index < -0.39 is 0 Å². The maximum atomic E-state index is 12.3. The second-order valence-corrected chi connectivity index (χ2v) is 6.55. The molecule has 1 amide bonds. The van der Waals surface area contributed by atoms with E-state index in [0.29, 0.717) is 0 Å². The Bertz CT molecular complexity index is 629. The van der Waals surface area contributed by atoms with Crippen LogP contribution in [0.3, 0.4) is 0 Å². The van der Waals surface area contributed by atoms with Crippen molar-refractivity contribution in [3.63, 3.8) is 0 Å². The predicted octanol–water partition coefficient (Wildman–Crippen LogP) is 3.78. The summed E-state index contributed by atoms with van der Waals surface area (Å²) in [5.41, 5.74) is 3.47. The molecule has 0 radical (unpaired) electrons. The van der Waals surface area contributed by atoms with Gasteiger partial charge in [0.25, 0.3) is 5.91 Å². The Morgan fingerprint density at radius 2 is 2.11 bits per heavy atom. The third-order valence-corrected chi connectivity index (χ3v) is 4.69. The van der Waals surface area contributed by atoms with Crippen molar-refractivity contribution in [3.05, 3.63) is 56.8 Å². The van der Waals surface area contributed by atoms with Crippen molar-refractivity contribution in [3.8, 4) is 0 Å². The molecule has 0 fully saturated rings. The molecule has 1 aromatic heterocycles. The van der Waals surface area contributed by atoms with Crippen molar-refractivity contribution in [2.75, 3.05) is 0 Å². The maximum Gasteiger partial charge on any atom is 0.252 e. The Kier molecular flexibility index (Phi) is 3.15. The van der Waals surface area contributed by atoms with Crippen molar-refractivity contribution in [1.29, 1.82) is 0 Å². The number of hydrogen-bond donors (Lipinski definition) is 1. The molecule has 1 atom stereocenters. The smallest absolute Gasteiger partial charge is 0.252 e. The van der Waals surface area contributed by atoms with Crippen molar-refractivity contribution in [1.82, 2.24) is 5.32 Å². The Morgan fingerprint density at radius 1 is 1.32 bits per heavy atom. The highest BCUT2D eigenvalue weighted by Gasteiger charge is 2.24. The Hall–Kier alpha value is -1.61. The van der Waals surface area contributed by atoms with E-state index in [0.717, 1.165) is 23.3 Å². The molecule has 19 heavy (non-hydrogen) atoms. The number of benzene rings is 1. The van der Waals surface area contributed by atoms with Crippen LogP contribution < -0.4 is 5.32 Å². The molecule has 3 heteroatoms.